The van der Waals surface area contributed by atoms with Crippen LogP contribution in [-0.2, 0) is 9.47 Å². The molecule has 142 valence electrons. The number of fused-ring (bicyclic) bond motifs is 1. The zero-order chi connectivity index (χ0) is 18.9. The van der Waals surface area contributed by atoms with Crippen LogP contribution >= 0.6 is 0 Å². The summed E-state index contributed by atoms with van der Waals surface area (Å²) in [4.78, 5) is 8.99. The van der Waals surface area contributed by atoms with E-state index in [0.717, 1.165) is 67.2 Å². The molecule has 9 heteroatoms. The molecule has 2 saturated heterocycles. The Hall–Kier alpha value is -1.79. The summed E-state index contributed by atoms with van der Waals surface area (Å²) >= 11 is 0.547. The fraction of sp³-hybridized carbons (Fsp3) is 0.421. The molecule has 0 amide bonds. The SMILES string of the molecule is [Tl][n]1nc(-c2ccnc(NC3COC3)c2)c2c(OC3CCOCC3)nccc21. The van der Waals surface area contributed by atoms with Gasteiger partial charge in [-0.1, -0.05) is 0 Å². The summed E-state index contributed by atoms with van der Waals surface area (Å²) in [6, 6.07) is 6.36. The molecular formula is C19H20N5O3Tl. The molecule has 2 fully saturated rings. The van der Waals surface area contributed by atoms with Gasteiger partial charge < -0.3 is 0 Å². The molecule has 2 aliphatic rings. The van der Waals surface area contributed by atoms with Crippen LogP contribution in [0.25, 0.3) is 22.2 Å². The number of aromatic nitrogens is 4. The van der Waals surface area contributed by atoms with Gasteiger partial charge in [-0.3, -0.25) is 0 Å². The van der Waals surface area contributed by atoms with Crippen LogP contribution in [0.4, 0.5) is 5.82 Å². The number of ether oxygens (including phenoxy) is 3. The molecule has 0 radical (unpaired) electrons. The van der Waals surface area contributed by atoms with E-state index in [-0.39, 0.29) is 6.10 Å². The number of nitrogens with zero attached hydrogens (tertiary/aromatic N) is 4. The van der Waals surface area contributed by atoms with Crippen molar-refractivity contribution in [3.05, 3.63) is 30.6 Å². The van der Waals surface area contributed by atoms with Crippen molar-refractivity contribution in [3.8, 4) is 17.1 Å². The predicted molar refractivity (Wildman–Crippen MR) is 105 cm³/mol. The van der Waals surface area contributed by atoms with Crippen molar-refractivity contribution >= 4 is 42.8 Å². The van der Waals surface area contributed by atoms with Gasteiger partial charge in [0.25, 0.3) is 0 Å². The van der Waals surface area contributed by atoms with Crippen molar-refractivity contribution in [2.45, 2.75) is 25.0 Å². The number of rotatable bonds is 5. The number of anilines is 1. The van der Waals surface area contributed by atoms with Crippen molar-refractivity contribution in [2.75, 3.05) is 31.7 Å². The molecular weight excluding hydrogens is 551 g/mol. The first-order valence-electron chi connectivity index (χ1n) is 9.46. The zero-order valence-electron chi connectivity index (χ0n) is 15.4. The van der Waals surface area contributed by atoms with Gasteiger partial charge in [-0.05, 0) is 0 Å². The minimum absolute atomic E-state index is 0.132. The fourth-order valence-corrected chi connectivity index (χ4v) is 4.77. The van der Waals surface area contributed by atoms with Crippen LogP contribution in [-0.4, -0.2) is 82.2 Å². The van der Waals surface area contributed by atoms with Crippen molar-refractivity contribution in [1.82, 2.24) is 17.6 Å². The Bertz CT molecular complexity index is 985. The third kappa shape index (κ3) is 3.60. The van der Waals surface area contributed by atoms with E-state index in [0.29, 0.717) is 38.0 Å². The Morgan fingerprint density at radius 3 is 2.71 bits per heavy atom. The Labute approximate surface area is 178 Å². The van der Waals surface area contributed by atoms with Crippen molar-refractivity contribution < 1.29 is 14.2 Å². The number of hydrogen-bond acceptors (Lipinski definition) is 7. The molecule has 0 spiro atoms. The van der Waals surface area contributed by atoms with Crippen LogP contribution in [0, 0.1) is 0 Å². The molecule has 0 saturated carbocycles. The second kappa shape index (κ2) is 7.92. The average molecular weight is 571 g/mol. The molecule has 3 aromatic heterocycles. The Balaban J connectivity index is 1.52. The summed E-state index contributed by atoms with van der Waals surface area (Å²) in [5.41, 5.74) is 2.96. The van der Waals surface area contributed by atoms with E-state index in [1.54, 1.807) is 6.20 Å². The van der Waals surface area contributed by atoms with Gasteiger partial charge in [0.05, 0.1) is 0 Å². The predicted octanol–water partition coefficient (Wildman–Crippen LogP) is 1.79. The summed E-state index contributed by atoms with van der Waals surface area (Å²) in [5.74, 6) is 1.49. The van der Waals surface area contributed by atoms with Gasteiger partial charge in [-0.15, -0.1) is 0 Å². The quantitative estimate of drug-likeness (QED) is 0.469. The van der Waals surface area contributed by atoms with E-state index in [2.05, 4.69) is 15.3 Å². The first-order valence-corrected chi connectivity index (χ1v) is 11.5. The molecule has 0 aliphatic carbocycles. The van der Waals surface area contributed by atoms with Crippen molar-refractivity contribution in [2.24, 2.45) is 0 Å². The molecule has 0 aromatic carbocycles. The number of pyridine rings is 2. The van der Waals surface area contributed by atoms with Gasteiger partial charge in [0.15, 0.2) is 0 Å². The summed E-state index contributed by atoms with van der Waals surface area (Å²) in [7, 11) is 0. The molecule has 8 nitrogen and oxygen atoms in total. The average Bonchev–Trinajstić information content (AvgIpc) is 3.04. The monoisotopic (exact) mass is 571 g/mol. The molecule has 2 aliphatic heterocycles. The third-order valence-corrected chi connectivity index (χ3v) is 6.59. The van der Waals surface area contributed by atoms with Crippen LogP contribution < -0.4 is 10.1 Å². The molecule has 5 rings (SSSR count). The Morgan fingerprint density at radius 1 is 1.11 bits per heavy atom. The molecule has 0 unspecified atom stereocenters. The minimum atomic E-state index is 0.132. The van der Waals surface area contributed by atoms with Crippen molar-refractivity contribution in [3.63, 3.8) is 0 Å². The van der Waals surface area contributed by atoms with E-state index in [9.17, 15) is 0 Å². The number of hydrogen-bond donors (Lipinski definition) is 1. The molecule has 28 heavy (non-hydrogen) atoms. The molecule has 5 heterocycles. The Morgan fingerprint density at radius 2 is 1.93 bits per heavy atom. The van der Waals surface area contributed by atoms with E-state index >= 15 is 0 Å². The standard InChI is InChI=1S/C19H20N5O3.Tl/c1-5-20-16(22-13-10-26-11-13)9-12(1)18-17-15(23-24-18)2-6-21-19(17)27-14-3-7-25-8-4-14;/h1-2,5-6,9,13-14H,3-4,7-8,10-11H2,(H-,20,22,23,24);/q-1;+1. The topological polar surface area (TPSA) is 83.3 Å². The maximum atomic E-state index is 6.29. The normalized spacial score (nSPS) is 18.1. The first-order chi connectivity index (χ1) is 13.8. The second-order valence-corrected chi connectivity index (χ2v) is 8.94. The van der Waals surface area contributed by atoms with E-state index < -0.39 is 0 Å². The second-order valence-electron chi connectivity index (χ2n) is 7.04. The van der Waals surface area contributed by atoms with Gasteiger partial charge in [-0.2, -0.15) is 0 Å². The fourth-order valence-electron chi connectivity index (χ4n) is 3.49. The van der Waals surface area contributed by atoms with Crippen LogP contribution in [0.3, 0.4) is 0 Å². The van der Waals surface area contributed by atoms with Gasteiger partial charge >= 0.3 is 179 Å². The third-order valence-electron chi connectivity index (χ3n) is 5.06. The number of nitrogens with one attached hydrogen (secondary N) is 1. The summed E-state index contributed by atoms with van der Waals surface area (Å²) in [6.45, 7) is 2.91. The van der Waals surface area contributed by atoms with Crippen molar-refractivity contribution in [1.29, 1.82) is 0 Å². The van der Waals surface area contributed by atoms with E-state index in [1.807, 2.05) is 26.9 Å². The maximum absolute atomic E-state index is 6.29. The van der Waals surface area contributed by atoms with Crippen LogP contribution in [0.5, 0.6) is 5.88 Å². The van der Waals surface area contributed by atoms with Crippen LogP contribution in [0.15, 0.2) is 30.6 Å². The van der Waals surface area contributed by atoms with E-state index in [1.165, 1.54) is 0 Å². The first kappa shape index (κ1) is 18.3. The van der Waals surface area contributed by atoms with Gasteiger partial charge in [0, 0.05) is 0 Å². The van der Waals surface area contributed by atoms with Crippen LogP contribution in [0.1, 0.15) is 12.8 Å². The summed E-state index contributed by atoms with van der Waals surface area (Å²) < 4.78 is 19.0. The van der Waals surface area contributed by atoms with Gasteiger partial charge in [0.2, 0.25) is 0 Å². The molecule has 0 atom stereocenters. The molecule has 3 aromatic rings. The Kier molecular flexibility index (Phi) is 5.16. The van der Waals surface area contributed by atoms with Crippen LogP contribution in [0.2, 0.25) is 0 Å². The van der Waals surface area contributed by atoms with Gasteiger partial charge in [-0.25, -0.2) is 0 Å². The summed E-state index contributed by atoms with van der Waals surface area (Å²) in [5, 5.41) is 9.21. The van der Waals surface area contributed by atoms with Gasteiger partial charge in [0.1, 0.15) is 0 Å². The molecule has 1 N–H and O–H groups in total. The van der Waals surface area contributed by atoms with E-state index in [4.69, 9.17) is 19.3 Å². The zero-order valence-corrected chi connectivity index (χ0v) is 19.9. The molecule has 0 bridgehead atoms. The summed E-state index contributed by atoms with van der Waals surface area (Å²) in [6.07, 6.45) is 5.52.